The smallest absolute Gasteiger partial charge is 0.134 e. The van der Waals surface area contributed by atoms with Crippen molar-refractivity contribution in [1.82, 2.24) is 0 Å². The van der Waals surface area contributed by atoms with E-state index in [2.05, 4.69) is 72.8 Å². The molecule has 3 nitrogen and oxygen atoms in total. The molecule has 3 heterocycles. The maximum Gasteiger partial charge on any atom is 0.134 e. The van der Waals surface area contributed by atoms with Crippen molar-refractivity contribution < 1.29 is 13.3 Å². The molecule has 0 amide bonds. The Bertz CT molecular complexity index is 1390. The van der Waals surface area contributed by atoms with Crippen molar-refractivity contribution in [2.24, 2.45) is 0 Å². The van der Waals surface area contributed by atoms with Crippen molar-refractivity contribution >= 4 is 0 Å². The van der Waals surface area contributed by atoms with E-state index in [1.54, 1.807) is 0 Å². The molecule has 0 bridgehead atoms. The highest BCUT2D eigenvalue weighted by Crippen LogP contribution is 2.67. The second-order valence-electron chi connectivity index (χ2n) is 9.28. The summed E-state index contributed by atoms with van der Waals surface area (Å²) in [6, 6.07) is 43.1. The van der Waals surface area contributed by atoms with Crippen LogP contribution in [0, 0.1) is 0 Å². The molecule has 0 spiro atoms. The van der Waals surface area contributed by atoms with Gasteiger partial charge < -0.3 is 13.3 Å². The van der Waals surface area contributed by atoms with Gasteiger partial charge in [-0.15, -0.1) is 0 Å². The molecule has 0 N–H and O–H groups in total. The maximum atomic E-state index is 6.40. The molecular weight excluding hydrogens is 444 g/mol. The van der Waals surface area contributed by atoms with Crippen LogP contribution in [0.3, 0.4) is 0 Å². The van der Waals surface area contributed by atoms with Gasteiger partial charge in [0.05, 0.1) is 0 Å². The van der Waals surface area contributed by atoms with Gasteiger partial charge in [0.1, 0.15) is 34.6 Å². The van der Waals surface area contributed by atoms with Crippen LogP contribution in [0.15, 0.2) is 141 Å². The molecule has 1 aliphatic rings. The molecule has 6 aromatic rings. The Labute approximate surface area is 209 Å². The van der Waals surface area contributed by atoms with Crippen LogP contribution in [0.5, 0.6) is 0 Å². The zero-order valence-corrected chi connectivity index (χ0v) is 19.6. The summed E-state index contributed by atoms with van der Waals surface area (Å²) >= 11 is 0. The van der Waals surface area contributed by atoms with Gasteiger partial charge in [-0.2, -0.15) is 0 Å². The Morgan fingerprint density at radius 1 is 0.306 bits per heavy atom. The number of hydrogen-bond donors (Lipinski definition) is 0. The fourth-order valence-electron chi connectivity index (χ4n) is 5.24. The zero-order chi connectivity index (χ0) is 23.9. The number of rotatable bonds is 6. The second kappa shape index (κ2) is 8.62. The average Bonchev–Trinajstić information content (AvgIpc) is 3.42. The molecule has 0 atom stereocenters. The molecule has 1 fully saturated rings. The fourth-order valence-corrected chi connectivity index (χ4v) is 5.24. The normalized spacial score (nSPS) is 18.8. The number of furan rings is 3. The highest BCUT2D eigenvalue weighted by molar-refractivity contribution is 5.61. The van der Waals surface area contributed by atoms with Crippen LogP contribution in [0.4, 0.5) is 0 Å². The summed E-state index contributed by atoms with van der Waals surface area (Å²) in [6.45, 7) is 0. The van der Waals surface area contributed by atoms with Gasteiger partial charge in [-0.05, 0) is 36.4 Å². The highest BCUT2D eigenvalue weighted by Gasteiger charge is 2.58. The molecule has 3 aromatic heterocycles. The highest BCUT2D eigenvalue weighted by atomic mass is 16.4. The first kappa shape index (κ1) is 20.8. The van der Waals surface area contributed by atoms with E-state index in [9.17, 15) is 0 Å². The monoisotopic (exact) mass is 468 g/mol. The minimum atomic E-state index is 0.145. The minimum absolute atomic E-state index is 0.145. The van der Waals surface area contributed by atoms with Gasteiger partial charge in [0.15, 0.2) is 0 Å². The first-order valence-corrected chi connectivity index (χ1v) is 12.3. The van der Waals surface area contributed by atoms with Crippen molar-refractivity contribution in [2.45, 2.75) is 17.8 Å². The zero-order valence-electron chi connectivity index (χ0n) is 19.6. The Balaban J connectivity index is 1.25. The summed E-state index contributed by atoms with van der Waals surface area (Å²) in [5.41, 5.74) is 3.23. The molecule has 7 rings (SSSR count). The van der Waals surface area contributed by atoms with Crippen LogP contribution in [0.1, 0.15) is 35.0 Å². The molecule has 36 heavy (non-hydrogen) atoms. The summed E-state index contributed by atoms with van der Waals surface area (Å²) in [7, 11) is 0. The summed E-state index contributed by atoms with van der Waals surface area (Å²) < 4.78 is 19.2. The Hall–Kier alpha value is -4.50. The van der Waals surface area contributed by atoms with E-state index in [0.29, 0.717) is 0 Å². The third-order valence-electron chi connectivity index (χ3n) is 7.06. The van der Waals surface area contributed by atoms with Gasteiger partial charge in [-0.1, -0.05) is 91.0 Å². The molecule has 1 saturated carbocycles. The molecule has 3 aromatic carbocycles. The first-order valence-electron chi connectivity index (χ1n) is 12.3. The molecule has 0 radical (unpaired) electrons. The van der Waals surface area contributed by atoms with Crippen molar-refractivity contribution in [3.8, 4) is 34.0 Å². The predicted molar refractivity (Wildman–Crippen MR) is 141 cm³/mol. The van der Waals surface area contributed by atoms with E-state index in [0.717, 1.165) is 51.3 Å². The first-order chi connectivity index (χ1) is 17.8. The lowest BCUT2D eigenvalue weighted by molar-refractivity contribution is 0.498. The van der Waals surface area contributed by atoms with E-state index in [4.69, 9.17) is 13.3 Å². The molecule has 0 saturated heterocycles. The maximum absolute atomic E-state index is 6.40. The molecule has 174 valence electrons. The van der Waals surface area contributed by atoms with E-state index in [-0.39, 0.29) is 17.8 Å². The minimum Gasteiger partial charge on any atom is -0.461 e. The Kier molecular flexibility index (Phi) is 4.99. The third-order valence-corrected chi connectivity index (χ3v) is 7.06. The topological polar surface area (TPSA) is 39.4 Å². The van der Waals surface area contributed by atoms with Crippen molar-refractivity contribution in [3.63, 3.8) is 0 Å². The quantitative estimate of drug-likeness (QED) is 0.245. The fraction of sp³-hybridized carbons (Fsp3) is 0.0909. The van der Waals surface area contributed by atoms with Gasteiger partial charge in [0.25, 0.3) is 0 Å². The van der Waals surface area contributed by atoms with Gasteiger partial charge in [0, 0.05) is 34.4 Å². The van der Waals surface area contributed by atoms with E-state index in [1.165, 1.54) is 0 Å². The van der Waals surface area contributed by atoms with E-state index in [1.807, 2.05) is 54.6 Å². The van der Waals surface area contributed by atoms with Gasteiger partial charge in [0.2, 0.25) is 0 Å². The lowest BCUT2D eigenvalue weighted by Crippen LogP contribution is -1.79. The lowest BCUT2D eigenvalue weighted by Gasteiger charge is -1.98. The van der Waals surface area contributed by atoms with Crippen molar-refractivity contribution in [2.75, 3.05) is 0 Å². The largest absolute Gasteiger partial charge is 0.461 e. The van der Waals surface area contributed by atoms with Crippen LogP contribution in [-0.4, -0.2) is 0 Å². The number of hydrogen-bond acceptors (Lipinski definition) is 3. The van der Waals surface area contributed by atoms with Crippen LogP contribution in [0.25, 0.3) is 34.0 Å². The molecule has 1 aliphatic carbocycles. The second-order valence-corrected chi connectivity index (χ2v) is 9.28. The molecular formula is C33H24O3. The van der Waals surface area contributed by atoms with E-state index >= 15 is 0 Å². The van der Waals surface area contributed by atoms with Crippen LogP contribution in [-0.2, 0) is 0 Å². The van der Waals surface area contributed by atoms with Crippen LogP contribution in [0.2, 0.25) is 0 Å². The van der Waals surface area contributed by atoms with E-state index < -0.39 is 0 Å². The van der Waals surface area contributed by atoms with Gasteiger partial charge in [-0.25, -0.2) is 0 Å². The van der Waals surface area contributed by atoms with Crippen LogP contribution < -0.4 is 0 Å². The summed E-state index contributed by atoms with van der Waals surface area (Å²) in [6.07, 6.45) is 0. The standard InChI is InChI=1S/C33H24O3/c1-4-10-22(11-5-1)25-16-19-28(34-25)31-32(29-20-17-26(35-29)23-12-6-2-7-13-23)33(31)30-21-18-27(36-30)24-14-8-3-9-15-24/h1-21,31-33H. The van der Waals surface area contributed by atoms with Gasteiger partial charge in [-0.3, -0.25) is 0 Å². The Morgan fingerprint density at radius 2 is 0.583 bits per heavy atom. The summed E-state index contributed by atoms with van der Waals surface area (Å²) in [5, 5.41) is 0. The Morgan fingerprint density at radius 3 is 0.861 bits per heavy atom. The molecule has 0 unspecified atom stereocenters. The van der Waals surface area contributed by atoms with Crippen molar-refractivity contribution in [3.05, 3.63) is 145 Å². The summed E-state index contributed by atoms with van der Waals surface area (Å²) in [4.78, 5) is 0. The van der Waals surface area contributed by atoms with Crippen LogP contribution >= 0.6 is 0 Å². The molecule has 0 aliphatic heterocycles. The number of benzene rings is 3. The predicted octanol–water partition coefficient (Wildman–Crippen LogP) is 9.13. The third kappa shape index (κ3) is 3.70. The van der Waals surface area contributed by atoms with Crippen molar-refractivity contribution in [1.29, 1.82) is 0 Å². The summed E-state index contributed by atoms with van der Waals surface area (Å²) in [5.74, 6) is 5.94. The lowest BCUT2D eigenvalue weighted by atomic mass is 10.2. The molecule has 3 heteroatoms. The SMILES string of the molecule is c1ccc(-c2ccc(C3C(c4ccc(-c5ccccc5)o4)C3c3ccc(-c4ccccc4)o3)o2)cc1. The average molecular weight is 469 g/mol. The van der Waals surface area contributed by atoms with Gasteiger partial charge >= 0.3 is 0 Å².